The summed E-state index contributed by atoms with van der Waals surface area (Å²) in [6.07, 6.45) is -21.0. The molecule has 47 heavy (non-hydrogen) atoms. The molecule has 19 atom stereocenters. The average Bonchev–Trinajstić information content (AvgIpc) is 3.34. The van der Waals surface area contributed by atoms with Crippen molar-refractivity contribution in [1.82, 2.24) is 0 Å². The zero-order valence-electron chi connectivity index (χ0n) is 25.7. The number of nitrogens with two attached hydrogens (primary N) is 5. The number of ketones is 1. The van der Waals surface area contributed by atoms with Gasteiger partial charge in [0.1, 0.15) is 72.9 Å². The van der Waals surface area contributed by atoms with Crippen LogP contribution in [0.4, 0.5) is 0 Å². The van der Waals surface area contributed by atoms with Gasteiger partial charge in [0.15, 0.2) is 18.9 Å². The fourth-order valence-electron chi connectivity index (χ4n) is 6.53. The van der Waals surface area contributed by atoms with E-state index in [2.05, 4.69) is 0 Å². The second-order valence-corrected chi connectivity index (χ2v) is 12.6. The summed E-state index contributed by atoms with van der Waals surface area (Å²) in [5.74, 6) is -1.13. The molecule has 1 aliphatic carbocycles. The summed E-state index contributed by atoms with van der Waals surface area (Å²) in [6, 6.07) is -3.50. The molecule has 0 unspecified atom stereocenters. The van der Waals surface area contributed by atoms with Gasteiger partial charge in [-0.1, -0.05) is 0 Å². The van der Waals surface area contributed by atoms with E-state index in [9.17, 15) is 45.6 Å². The van der Waals surface area contributed by atoms with Crippen LogP contribution in [0.1, 0.15) is 19.3 Å². The Hall–Kier alpha value is -1.09. The second-order valence-electron chi connectivity index (χ2n) is 12.6. The number of carbonyl (C=O) groups excluding carboxylic acids is 1. The fraction of sp³-hybridized carbons (Fsp3) is 0.963. The SMILES string of the molecule is NC[C@@H]1O[C@H](O[C@H]2[C@@H](O)[C@H](O[C@@H]3[C@@H](O)[C@H](CC(=O)CCO)C[C@H](N)[C@H]3O[C@H]3O[C@H](CN)[C@@H](O)[C@H](O)[C@H]3N)O[C@@H]2CO)[C@H](N)[C@@H](O)[C@@H]1O. The van der Waals surface area contributed by atoms with Crippen LogP contribution in [0.3, 0.4) is 0 Å². The van der Waals surface area contributed by atoms with Crippen molar-refractivity contribution in [2.75, 3.05) is 26.3 Å². The molecule has 1 saturated carbocycles. The van der Waals surface area contributed by atoms with Crippen LogP contribution >= 0.6 is 0 Å². The Bertz CT molecular complexity index is 1000. The normalized spacial score (nSPS) is 49.3. The first kappa shape index (κ1) is 38.7. The minimum atomic E-state index is -1.67. The van der Waals surface area contributed by atoms with Crippen molar-refractivity contribution in [3.8, 4) is 0 Å². The number of aliphatic hydroxyl groups is 8. The molecule has 4 fully saturated rings. The molecule has 0 radical (unpaired) electrons. The summed E-state index contributed by atoms with van der Waals surface area (Å²) in [5, 5.41) is 83.3. The number of hydrogen-bond acceptors (Lipinski definition) is 20. The third-order valence-corrected chi connectivity index (χ3v) is 9.33. The van der Waals surface area contributed by atoms with Gasteiger partial charge in [0.25, 0.3) is 0 Å². The minimum absolute atomic E-state index is 0.0444. The van der Waals surface area contributed by atoms with E-state index in [1.165, 1.54) is 0 Å². The summed E-state index contributed by atoms with van der Waals surface area (Å²) in [6.45, 7) is -1.47. The highest BCUT2D eigenvalue weighted by atomic mass is 16.8. The first-order valence-electron chi connectivity index (χ1n) is 15.7. The molecule has 3 saturated heterocycles. The Morgan fingerprint density at radius 1 is 0.638 bits per heavy atom. The first-order chi connectivity index (χ1) is 22.3. The van der Waals surface area contributed by atoms with Crippen molar-refractivity contribution in [1.29, 1.82) is 0 Å². The largest absolute Gasteiger partial charge is 0.396 e. The Labute approximate surface area is 270 Å². The summed E-state index contributed by atoms with van der Waals surface area (Å²) in [5.41, 5.74) is 29.9. The van der Waals surface area contributed by atoms with Crippen LogP contribution in [0.15, 0.2) is 0 Å². The molecule has 3 heterocycles. The van der Waals surface area contributed by atoms with Crippen LogP contribution in [-0.2, 0) is 33.2 Å². The monoisotopic (exact) mass is 685 g/mol. The lowest BCUT2D eigenvalue weighted by molar-refractivity contribution is -0.309. The molecule has 0 aromatic rings. The fourth-order valence-corrected chi connectivity index (χ4v) is 6.53. The molecule has 4 aliphatic rings. The van der Waals surface area contributed by atoms with E-state index >= 15 is 0 Å². The molecule has 3 aliphatic heterocycles. The van der Waals surface area contributed by atoms with Gasteiger partial charge in [0, 0.05) is 38.6 Å². The Morgan fingerprint density at radius 2 is 1.13 bits per heavy atom. The Kier molecular flexibility index (Phi) is 13.8. The van der Waals surface area contributed by atoms with Crippen molar-refractivity contribution in [3.63, 3.8) is 0 Å². The van der Waals surface area contributed by atoms with E-state index in [0.717, 1.165) is 0 Å². The maximum atomic E-state index is 12.4. The quantitative estimate of drug-likeness (QED) is 0.0855. The summed E-state index contributed by atoms with van der Waals surface area (Å²) < 4.78 is 35.0. The topological polar surface area (TPSA) is 364 Å². The molecule has 0 aromatic carbocycles. The summed E-state index contributed by atoms with van der Waals surface area (Å²) >= 11 is 0. The van der Waals surface area contributed by atoms with Crippen LogP contribution in [0.25, 0.3) is 0 Å². The minimum Gasteiger partial charge on any atom is -0.396 e. The van der Waals surface area contributed by atoms with Crippen LogP contribution in [0.2, 0.25) is 0 Å². The average molecular weight is 686 g/mol. The number of hydrogen-bond donors (Lipinski definition) is 13. The molecule has 18 N–H and O–H groups in total. The van der Waals surface area contributed by atoms with E-state index in [1.54, 1.807) is 0 Å². The highest BCUT2D eigenvalue weighted by Gasteiger charge is 2.54. The molecule has 20 heteroatoms. The number of rotatable bonds is 13. The Morgan fingerprint density at radius 3 is 1.62 bits per heavy atom. The van der Waals surface area contributed by atoms with Crippen molar-refractivity contribution >= 4 is 5.78 Å². The maximum Gasteiger partial charge on any atom is 0.187 e. The van der Waals surface area contributed by atoms with Gasteiger partial charge in [0.05, 0.1) is 24.8 Å². The maximum absolute atomic E-state index is 12.4. The molecule has 274 valence electrons. The van der Waals surface area contributed by atoms with Gasteiger partial charge in [-0.15, -0.1) is 0 Å². The van der Waals surface area contributed by atoms with Gasteiger partial charge < -0.3 is 97.9 Å². The van der Waals surface area contributed by atoms with Crippen molar-refractivity contribution in [3.05, 3.63) is 0 Å². The highest BCUT2D eigenvalue weighted by Crippen LogP contribution is 2.37. The molecule has 0 spiro atoms. The molecule has 0 amide bonds. The zero-order valence-corrected chi connectivity index (χ0v) is 25.7. The Balaban J connectivity index is 1.56. The van der Waals surface area contributed by atoms with Crippen molar-refractivity contribution in [2.24, 2.45) is 34.6 Å². The predicted molar refractivity (Wildman–Crippen MR) is 155 cm³/mol. The van der Waals surface area contributed by atoms with E-state index in [-0.39, 0.29) is 38.1 Å². The van der Waals surface area contributed by atoms with Gasteiger partial charge in [0.2, 0.25) is 0 Å². The number of carbonyl (C=O) groups is 1. The lowest BCUT2D eigenvalue weighted by atomic mass is 9.77. The number of Topliss-reactive ketones (excluding diaryl/α,β-unsaturated/α-hetero) is 1. The molecule has 0 bridgehead atoms. The van der Waals surface area contributed by atoms with Crippen LogP contribution < -0.4 is 28.7 Å². The van der Waals surface area contributed by atoms with Gasteiger partial charge in [-0.05, 0) is 12.3 Å². The van der Waals surface area contributed by atoms with Crippen LogP contribution in [0, 0.1) is 5.92 Å². The van der Waals surface area contributed by atoms with Gasteiger partial charge in [-0.2, -0.15) is 0 Å². The van der Waals surface area contributed by atoms with E-state index in [0.29, 0.717) is 0 Å². The number of ether oxygens (including phenoxy) is 6. The number of aliphatic hydroxyl groups excluding tert-OH is 8. The smallest absolute Gasteiger partial charge is 0.187 e. The molecular weight excluding hydrogens is 634 g/mol. The lowest BCUT2D eigenvalue weighted by Gasteiger charge is -2.47. The van der Waals surface area contributed by atoms with Crippen LogP contribution in [-0.4, -0.2) is 183 Å². The molecule has 20 nitrogen and oxygen atoms in total. The third-order valence-electron chi connectivity index (χ3n) is 9.33. The second kappa shape index (κ2) is 16.7. The highest BCUT2D eigenvalue weighted by molar-refractivity contribution is 5.78. The standard InChI is InChI=1S/C27H51N5O15/c28-5-11-17(37)19(39)14(31)25(42-11)45-22-10(30)4-8(3-9(35)1-2-33)16(36)24(22)47-27-21(41)23(13(7-34)44-27)46-26-15(32)20(40)18(38)12(6-29)43-26/h8,10-27,33-34,36-41H,1-7,28-32H2/t8-,10+,11-,12+,13-,14-,15-,16+,17-,18-,19-,20-,21-,22-,23-,24-,25-,26-,27+/m1/s1. The summed E-state index contributed by atoms with van der Waals surface area (Å²) in [4.78, 5) is 12.4. The van der Waals surface area contributed by atoms with Crippen LogP contribution in [0.5, 0.6) is 0 Å². The zero-order chi connectivity index (χ0) is 34.7. The van der Waals surface area contributed by atoms with Gasteiger partial charge in [-0.3, -0.25) is 4.79 Å². The predicted octanol–water partition coefficient (Wildman–Crippen LogP) is -8.26. The molecule has 4 rings (SSSR count). The van der Waals surface area contributed by atoms with Crippen molar-refractivity contribution < 1.29 is 74.1 Å². The van der Waals surface area contributed by atoms with Gasteiger partial charge in [-0.25, -0.2) is 0 Å². The summed E-state index contributed by atoms with van der Waals surface area (Å²) in [7, 11) is 0. The first-order valence-corrected chi connectivity index (χ1v) is 15.7. The van der Waals surface area contributed by atoms with E-state index < -0.39 is 129 Å². The van der Waals surface area contributed by atoms with E-state index in [4.69, 9.17) is 57.1 Å². The third kappa shape index (κ3) is 8.28. The molecular formula is C27H51N5O15. The molecule has 0 aromatic heterocycles. The van der Waals surface area contributed by atoms with E-state index in [1.807, 2.05) is 0 Å². The van der Waals surface area contributed by atoms with Crippen molar-refractivity contribution in [2.45, 2.75) is 130 Å². The lowest BCUT2D eigenvalue weighted by Crippen LogP contribution is -2.67. The van der Waals surface area contributed by atoms with Gasteiger partial charge >= 0.3 is 0 Å².